The molecule has 1 aliphatic carbocycles. The molecule has 35 heavy (non-hydrogen) atoms. The van der Waals surface area contributed by atoms with Crippen molar-refractivity contribution < 1.29 is 19.4 Å². The molecule has 7 nitrogen and oxygen atoms in total. The molecule has 1 amide bonds. The van der Waals surface area contributed by atoms with Gasteiger partial charge in [0.25, 0.3) is 5.91 Å². The van der Waals surface area contributed by atoms with Crippen molar-refractivity contribution in [2.24, 2.45) is 11.8 Å². The molecule has 0 bridgehead atoms. The van der Waals surface area contributed by atoms with Gasteiger partial charge in [-0.2, -0.15) is 0 Å². The monoisotopic (exact) mass is 519 g/mol. The van der Waals surface area contributed by atoms with E-state index in [0.717, 1.165) is 56.6 Å². The van der Waals surface area contributed by atoms with Gasteiger partial charge in [-0.15, -0.1) is 0 Å². The highest BCUT2D eigenvalue weighted by Gasteiger charge is 2.34. The number of nitrogens with one attached hydrogen (secondary N) is 2. The van der Waals surface area contributed by atoms with E-state index < -0.39 is 17.9 Å². The number of halogens is 2. The summed E-state index contributed by atoms with van der Waals surface area (Å²) in [5.74, 6) is 0.0535. The van der Waals surface area contributed by atoms with Crippen LogP contribution in [-0.4, -0.2) is 47.8 Å². The molecule has 1 aliphatic heterocycles. The number of hydrogen-bond donors (Lipinski definition) is 3. The van der Waals surface area contributed by atoms with Gasteiger partial charge in [-0.25, -0.2) is 9.78 Å². The largest absolute Gasteiger partial charge is 0.480 e. The minimum absolute atomic E-state index is 0.101. The van der Waals surface area contributed by atoms with Gasteiger partial charge in [-0.3, -0.25) is 4.79 Å². The van der Waals surface area contributed by atoms with Gasteiger partial charge in [0.2, 0.25) is 0 Å². The third-order valence-electron chi connectivity index (χ3n) is 6.72. The van der Waals surface area contributed by atoms with Crippen molar-refractivity contribution in [2.75, 3.05) is 25.1 Å². The number of pyridine rings is 1. The van der Waals surface area contributed by atoms with E-state index in [1.54, 1.807) is 18.2 Å². The lowest BCUT2D eigenvalue weighted by Crippen LogP contribution is -2.44. The topological polar surface area (TPSA) is 101 Å². The molecule has 0 radical (unpaired) electrons. The Morgan fingerprint density at radius 3 is 2.69 bits per heavy atom. The number of aromatic nitrogens is 1. The zero-order valence-electron chi connectivity index (χ0n) is 19.6. The number of carbonyl (C=O) groups excluding carboxylic acids is 1. The summed E-state index contributed by atoms with van der Waals surface area (Å²) in [4.78, 5) is 29.0. The summed E-state index contributed by atoms with van der Waals surface area (Å²) in [5.41, 5.74) is 2.49. The number of fused-ring (bicyclic) bond motifs is 1. The van der Waals surface area contributed by atoms with Crippen LogP contribution in [0.2, 0.25) is 10.0 Å². The number of nitrogens with zero attached hydrogens (tertiary/aromatic N) is 1. The molecule has 2 aromatic rings. The third kappa shape index (κ3) is 6.87. The number of hydrogen-bond acceptors (Lipinski definition) is 5. The van der Waals surface area contributed by atoms with Crippen molar-refractivity contribution in [2.45, 2.75) is 51.0 Å². The molecule has 1 saturated carbocycles. The Morgan fingerprint density at radius 1 is 1.17 bits per heavy atom. The molecular weight excluding hydrogens is 489 g/mol. The zero-order valence-corrected chi connectivity index (χ0v) is 21.1. The summed E-state index contributed by atoms with van der Waals surface area (Å²) in [6, 6.07) is 8.04. The van der Waals surface area contributed by atoms with Crippen LogP contribution >= 0.6 is 23.2 Å². The van der Waals surface area contributed by atoms with E-state index in [-0.39, 0.29) is 21.5 Å². The number of anilines is 1. The van der Waals surface area contributed by atoms with Gasteiger partial charge in [0.1, 0.15) is 11.9 Å². The van der Waals surface area contributed by atoms with Gasteiger partial charge in [0.15, 0.2) is 0 Å². The summed E-state index contributed by atoms with van der Waals surface area (Å²) in [6.07, 6.45) is 6.22. The highest BCUT2D eigenvalue weighted by Crippen LogP contribution is 2.37. The minimum atomic E-state index is -1.06. The standard InChI is InChI=1S/C26H31Cl2N3O4/c27-20-6-1-7-21(28)23(20)25(32)31-22(26(33)34)14-16-12-17(13-16)15-35-11-3-5-19-9-8-18-4-2-10-29-24(18)30-19/h1,6-9,16-17,22H,2-5,10-15H2,(H,29,30)(H,31,32)(H,33,34)/t16?,17?,22-/m1/s1. The highest BCUT2D eigenvalue weighted by molar-refractivity contribution is 6.39. The Kier molecular flexibility index (Phi) is 8.87. The number of carboxylic acids is 1. The number of aryl methyl sites for hydroxylation is 2. The first-order chi connectivity index (χ1) is 16.9. The molecule has 1 atom stereocenters. The summed E-state index contributed by atoms with van der Waals surface area (Å²) in [5, 5.41) is 15.9. The van der Waals surface area contributed by atoms with Crippen molar-refractivity contribution in [3.63, 3.8) is 0 Å². The maximum absolute atomic E-state index is 12.6. The van der Waals surface area contributed by atoms with Crippen molar-refractivity contribution in [3.05, 3.63) is 57.2 Å². The fraction of sp³-hybridized carbons (Fsp3) is 0.500. The van der Waals surface area contributed by atoms with Crippen LogP contribution in [0.15, 0.2) is 30.3 Å². The van der Waals surface area contributed by atoms with Gasteiger partial charge >= 0.3 is 5.97 Å². The predicted molar refractivity (Wildman–Crippen MR) is 136 cm³/mol. The van der Waals surface area contributed by atoms with E-state index in [1.807, 2.05) is 0 Å². The SMILES string of the molecule is O=C(N[C@H](CC1CC(COCCCc2ccc3c(n2)NCCC3)C1)C(=O)O)c1c(Cl)cccc1Cl. The summed E-state index contributed by atoms with van der Waals surface area (Å²) in [7, 11) is 0. The van der Waals surface area contributed by atoms with Gasteiger partial charge < -0.3 is 20.5 Å². The Balaban J connectivity index is 1.14. The molecule has 9 heteroatoms. The van der Waals surface area contributed by atoms with E-state index in [2.05, 4.69) is 22.8 Å². The second kappa shape index (κ2) is 12.1. The molecule has 1 aromatic carbocycles. The number of benzene rings is 1. The first kappa shape index (κ1) is 25.7. The Hall–Kier alpha value is -2.35. The lowest BCUT2D eigenvalue weighted by molar-refractivity contribution is -0.140. The molecule has 0 spiro atoms. The van der Waals surface area contributed by atoms with Crippen molar-refractivity contribution in [1.29, 1.82) is 0 Å². The summed E-state index contributed by atoms with van der Waals surface area (Å²) >= 11 is 12.1. The Labute approximate surface area is 215 Å². The maximum Gasteiger partial charge on any atom is 0.326 e. The minimum Gasteiger partial charge on any atom is -0.480 e. The van der Waals surface area contributed by atoms with Gasteiger partial charge in [0.05, 0.1) is 15.6 Å². The van der Waals surface area contributed by atoms with E-state index in [1.165, 1.54) is 5.56 Å². The van der Waals surface area contributed by atoms with Crippen molar-refractivity contribution >= 4 is 40.9 Å². The summed E-state index contributed by atoms with van der Waals surface area (Å²) in [6.45, 7) is 2.35. The fourth-order valence-electron chi connectivity index (χ4n) is 4.82. The second-order valence-corrected chi connectivity index (χ2v) is 10.2. The molecule has 0 unspecified atom stereocenters. The molecular formula is C26H31Cl2N3O4. The maximum atomic E-state index is 12.6. The van der Waals surface area contributed by atoms with Crippen LogP contribution in [0.5, 0.6) is 0 Å². The van der Waals surface area contributed by atoms with Crippen LogP contribution in [0.3, 0.4) is 0 Å². The average Bonchev–Trinajstić information content (AvgIpc) is 2.81. The van der Waals surface area contributed by atoms with Gasteiger partial charge in [-0.05, 0) is 80.5 Å². The Morgan fingerprint density at radius 2 is 1.94 bits per heavy atom. The first-order valence-electron chi connectivity index (χ1n) is 12.2. The quantitative estimate of drug-likeness (QED) is 0.361. The van der Waals surface area contributed by atoms with Crippen LogP contribution in [0.25, 0.3) is 0 Å². The van der Waals surface area contributed by atoms with Crippen LogP contribution < -0.4 is 10.6 Å². The molecule has 1 fully saturated rings. The number of carboxylic acid groups (broad SMARTS) is 1. The third-order valence-corrected chi connectivity index (χ3v) is 7.35. The van der Waals surface area contributed by atoms with Gasteiger partial charge in [0, 0.05) is 25.5 Å². The van der Waals surface area contributed by atoms with Crippen LogP contribution in [0.1, 0.15) is 53.7 Å². The normalized spacial score (nSPS) is 19.7. The molecule has 2 heterocycles. The van der Waals surface area contributed by atoms with Crippen molar-refractivity contribution in [1.82, 2.24) is 10.3 Å². The van der Waals surface area contributed by atoms with Crippen LogP contribution in [0.4, 0.5) is 5.82 Å². The number of rotatable bonds is 11. The smallest absolute Gasteiger partial charge is 0.326 e. The Bertz CT molecular complexity index is 1040. The van der Waals surface area contributed by atoms with E-state index in [9.17, 15) is 14.7 Å². The number of aliphatic carboxylic acids is 1. The van der Waals surface area contributed by atoms with Gasteiger partial charge in [-0.1, -0.05) is 35.3 Å². The van der Waals surface area contributed by atoms with Crippen LogP contribution in [0, 0.1) is 11.8 Å². The lowest BCUT2D eigenvalue weighted by atomic mass is 9.72. The molecule has 4 rings (SSSR count). The molecule has 188 valence electrons. The average molecular weight is 520 g/mol. The number of amides is 1. The number of ether oxygens (including phenoxy) is 1. The second-order valence-electron chi connectivity index (χ2n) is 9.42. The summed E-state index contributed by atoms with van der Waals surface area (Å²) < 4.78 is 5.86. The molecule has 0 saturated heterocycles. The first-order valence-corrected chi connectivity index (χ1v) is 12.9. The zero-order chi connectivity index (χ0) is 24.8. The van der Waals surface area contributed by atoms with E-state index in [0.29, 0.717) is 25.6 Å². The highest BCUT2D eigenvalue weighted by atomic mass is 35.5. The molecule has 3 N–H and O–H groups in total. The van der Waals surface area contributed by atoms with Crippen molar-refractivity contribution in [3.8, 4) is 0 Å². The molecule has 1 aromatic heterocycles. The lowest BCUT2D eigenvalue weighted by Gasteiger charge is -2.36. The number of carbonyl (C=O) groups is 2. The van der Waals surface area contributed by atoms with E-state index >= 15 is 0 Å². The van der Waals surface area contributed by atoms with E-state index in [4.69, 9.17) is 32.9 Å². The predicted octanol–water partition coefficient (Wildman–Crippen LogP) is 5.00. The van der Waals surface area contributed by atoms with Crippen LogP contribution in [-0.2, 0) is 22.4 Å². The molecule has 2 aliphatic rings. The fourth-order valence-corrected chi connectivity index (χ4v) is 5.38.